The van der Waals surface area contributed by atoms with Crippen molar-refractivity contribution >= 4 is 46.8 Å². The van der Waals surface area contributed by atoms with Gasteiger partial charge in [0.25, 0.3) is 11.8 Å². The van der Waals surface area contributed by atoms with Crippen LogP contribution in [0, 0.1) is 0 Å². The lowest BCUT2D eigenvalue weighted by Crippen LogP contribution is -2.51. The fourth-order valence-corrected chi connectivity index (χ4v) is 3.30. The highest BCUT2D eigenvalue weighted by atomic mass is 35.5. The van der Waals surface area contributed by atoms with Gasteiger partial charge in [-0.25, -0.2) is 0 Å². The van der Waals surface area contributed by atoms with Crippen molar-refractivity contribution in [2.75, 3.05) is 7.11 Å². The Morgan fingerprint density at radius 1 is 1.13 bits per heavy atom. The summed E-state index contributed by atoms with van der Waals surface area (Å²) in [6, 6.07) is 10.9. The summed E-state index contributed by atoms with van der Waals surface area (Å²) in [5, 5.41) is 5.41. The molecule has 0 bridgehead atoms. The van der Waals surface area contributed by atoms with E-state index < -0.39 is 11.8 Å². The average Bonchev–Trinajstić information content (AvgIpc) is 2.71. The molecule has 30 heavy (non-hydrogen) atoms. The van der Waals surface area contributed by atoms with Gasteiger partial charge in [0.1, 0.15) is 12.2 Å². The van der Waals surface area contributed by atoms with Gasteiger partial charge in [-0.05, 0) is 48.5 Å². The summed E-state index contributed by atoms with van der Waals surface area (Å²) in [6.45, 7) is 4.04. The Balaban J connectivity index is 1.97. The number of nitrogens with one attached hydrogen (secondary N) is 2. The van der Waals surface area contributed by atoms with Crippen molar-refractivity contribution in [3.05, 3.63) is 76.3 Å². The van der Waals surface area contributed by atoms with Crippen molar-refractivity contribution in [2.24, 2.45) is 0 Å². The molecule has 0 saturated carbocycles. The molecule has 6 nitrogen and oxygen atoms in total. The van der Waals surface area contributed by atoms with Crippen molar-refractivity contribution in [3.8, 4) is 11.5 Å². The zero-order valence-corrected chi connectivity index (χ0v) is 17.7. The third-order valence-corrected chi connectivity index (χ3v) is 4.90. The van der Waals surface area contributed by atoms with E-state index in [1.807, 2.05) is 24.3 Å². The number of amides is 2. The zero-order chi connectivity index (χ0) is 21.7. The molecule has 0 aromatic heterocycles. The molecule has 0 unspecified atom stereocenters. The first-order valence-electron chi connectivity index (χ1n) is 8.99. The van der Waals surface area contributed by atoms with Gasteiger partial charge in [0.05, 0.1) is 7.11 Å². The molecule has 2 aromatic carbocycles. The third kappa shape index (κ3) is 4.87. The second-order valence-corrected chi connectivity index (χ2v) is 7.20. The Hall–Kier alpha value is -3.16. The smallest absolute Gasteiger partial charge is 0.263 e. The Morgan fingerprint density at radius 3 is 2.47 bits per heavy atom. The van der Waals surface area contributed by atoms with E-state index in [1.54, 1.807) is 18.2 Å². The van der Waals surface area contributed by atoms with Crippen molar-refractivity contribution in [3.63, 3.8) is 0 Å². The number of hydrogen-bond acceptors (Lipinski definition) is 5. The number of ether oxygens (including phenoxy) is 2. The van der Waals surface area contributed by atoms with Crippen LogP contribution < -0.4 is 20.1 Å². The van der Waals surface area contributed by atoms with Gasteiger partial charge in [0, 0.05) is 16.1 Å². The molecule has 3 rings (SSSR count). The van der Waals surface area contributed by atoms with Gasteiger partial charge in [-0.3, -0.25) is 20.2 Å². The van der Waals surface area contributed by atoms with Crippen LogP contribution >= 0.6 is 23.8 Å². The van der Waals surface area contributed by atoms with E-state index in [-0.39, 0.29) is 17.3 Å². The monoisotopic (exact) mass is 442 g/mol. The Kier molecular flexibility index (Phi) is 6.87. The van der Waals surface area contributed by atoms with E-state index in [2.05, 4.69) is 17.2 Å². The number of thiocarbonyl (C=S) groups is 1. The summed E-state index contributed by atoms with van der Waals surface area (Å²) in [6.07, 6.45) is 3.69. The maximum atomic E-state index is 12.1. The first-order valence-corrected chi connectivity index (χ1v) is 9.78. The van der Waals surface area contributed by atoms with Crippen LogP contribution in [0.15, 0.2) is 54.6 Å². The van der Waals surface area contributed by atoms with E-state index in [1.165, 1.54) is 13.2 Å². The average molecular weight is 443 g/mol. The predicted octanol–water partition coefficient (Wildman–Crippen LogP) is 3.57. The minimum atomic E-state index is -0.563. The zero-order valence-electron chi connectivity index (χ0n) is 16.2. The van der Waals surface area contributed by atoms with E-state index in [4.69, 9.17) is 33.3 Å². The van der Waals surface area contributed by atoms with E-state index in [0.29, 0.717) is 28.5 Å². The first-order chi connectivity index (χ1) is 14.4. The highest BCUT2D eigenvalue weighted by molar-refractivity contribution is 7.80. The van der Waals surface area contributed by atoms with Gasteiger partial charge in [0.2, 0.25) is 0 Å². The first kappa shape index (κ1) is 21.5. The predicted molar refractivity (Wildman–Crippen MR) is 120 cm³/mol. The lowest BCUT2D eigenvalue weighted by atomic mass is 10.0. The van der Waals surface area contributed by atoms with E-state index in [0.717, 1.165) is 11.1 Å². The quantitative estimate of drug-likeness (QED) is 0.297. The van der Waals surface area contributed by atoms with Crippen LogP contribution in [-0.4, -0.2) is 24.0 Å². The standard InChI is InChI=1S/C22H19ClN2O4S/c1-3-6-14-9-13(10-16-20(26)24-22(30)25-21(16)27)11-18(28-2)19(14)29-12-15-7-4-5-8-17(15)23/h3-5,7-11H,1,6,12H2,2H3,(H2,24,25,26,27,30). The van der Waals surface area contributed by atoms with Crippen LogP contribution in [-0.2, 0) is 22.6 Å². The number of carbonyl (C=O) groups is 2. The highest BCUT2D eigenvalue weighted by Gasteiger charge is 2.26. The van der Waals surface area contributed by atoms with Crippen LogP contribution in [0.4, 0.5) is 0 Å². The molecule has 0 spiro atoms. The van der Waals surface area contributed by atoms with E-state index >= 15 is 0 Å². The van der Waals surface area contributed by atoms with Gasteiger partial charge >= 0.3 is 0 Å². The minimum absolute atomic E-state index is 0.0182. The van der Waals surface area contributed by atoms with Gasteiger partial charge in [-0.2, -0.15) is 0 Å². The molecule has 0 radical (unpaired) electrons. The van der Waals surface area contributed by atoms with Crippen molar-refractivity contribution in [2.45, 2.75) is 13.0 Å². The molecule has 0 atom stereocenters. The molecule has 1 aliphatic rings. The molecular weight excluding hydrogens is 424 g/mol. The van der Waals surface area contributed by atoms with Crippen LogP contribution in [0.1, 0.15) is 16.7 Å². The molecule has 8 heteroatoms. The van der Waals surface area contributed by atoms with Gasteiger partial charge in [-0.1, -0.05) is 35.9 Å². The summed E-state index contributed by atoms with van der Waals surface area (Å²) in [7, 11) is 1.52. The van der Waals surface area contributed by atoms with Crippen LogP contribution in [0.25, 0.3) is 6.08 Å². The normalized spacial score (nSPS) is 13.4. The number of rotatable bonds is 7. The maximum absolute atomic E-state index is 12.1. The molecule has 154 valence electrons. The topological polar surface area (TPSA) is 76.7 Å². The summed E-state index contributed by atoms with van der Waals surface area (Å²) >= 11 is 11.0. The maximum Gasteiger partial charge on any atom is 0.263 e. The summed E-state index contributed by atoms with van der Waals surface area (Å²) in [5.41, 5.74) is 2.17. The van der Waals surface area contributed by atoms with Gasteiger partial charge < -0.3 is 9.47 Å². The number of allylic oxidation sites excluding steroid dienone is 1. The van der Waals surface area contributed by atoms with Crippen molar-refractivity contribution in [1.29, 1.82) is 0 Å². The number of methoxy groups -OCH3 is 1. The lowest BCUT2D eigenvalue weighted by molar-refractivity contribution is -0.123. The summed E-state index contributed by atoms with van der Waals surface area (Å²) < 4.78 is 11.5. The minimum Gasteiger partial charge on any atom is -0.493 e. The molecule has 1 saturated heterocycles. The summed E-state index contributed by atoms with van der Waals surface area (Å²) in [4.78, 5) is 24.3. The fourth-order valence-electron chi connectivity index (χ4n) is 2.93. The molecule has 2 aromatic rings. The highest BCUT2D eigenvalue weighted by Crippen LogP contribution is 2.35. The van der Waals surface area contributed by atoms with Crippen LogP contribution in [0.5, 0.6) is 11.5 Å². The molecular formula is C22H19ClN2O4S. The third-order valence-electron chi connectivity index (χ3n) is 4.32. The summed E-state index contributed by atoms with van der Waals surface area (Å²) in [5.74, 6) is -0.127. The number of halogens is 1. The van der Waals surface area contributed by atoms with Gasteiger partial charge in [0.15, 0.2) is 16.6 Å². The molecule has 1 heterocycles. The fraction of sp³-hybridized carbons (Fsp3) is 0.136. The molecule has 2 amide bonds. The second-order valence-electron chi connectivity index (χ2n) is 6.38. The largest absolute Gasteiger partial charge is 0.493 e. The number of hydrogen-bond donors (Lipinski definition) is 2. The SMILES string of the molecule is C=CCc1cc(C=C2C(=O)NC(=S)NC2=O)cc(OC)c1OCc1ccccc1Cl. The lowest BCUT2D eigenvalue weighted by Gasteiger charge is -2.18. The Morgan fingerprint density at radius 2 is 1.83 bits per heavy atom. The van der Waals surface area contributed by atoms with Crippen LogP contribution in [0.2, 0.25) is 5.02 Å². The number of benzene rings is 2. The number of carbonyl (C=O) groups excluding carboxylic acids is 2. The molecule has 2 N–H and O–H groups in total. The van der Waals surface area contributed by atoms with E-state index in [9.17, 15) is 9.59 Å². The molecule has 1 fully saturated rings. The van der Waals surface area contributed by atoms with Crippen molar-refractivity contribution in [1.82, 2.24) is 10.6 Å². The molecule has 0 aliphatic carbocycles. The van der Waals surface area contributed by atoms with Crippen molar-refractivity contribution < 1.29 is 19.1 Å². The van der Waals surface area contributed by atoms with Gasteiger partial charge in [-0.15, -0.1) is 6.58 Å². The Labute approximate surface area is 184 Å². The Bertz CT molecular complexity index is 1040. The second kappa shape index (κ2) is 9.56. The van der Waals surface area contributed by atoms with Crippen LogP contribution in [0.3, 0.4) is 0 Å². The molecule has 1 aliphatic heterocycles.